The van der Waals surface area contributed by atoms with Gasteiger partial charge in [-0.25, -0.2) is 24.7 Å². The topological polar surface area (TPSA) is 240 Å². The van der Waals surface area contributed by atoms with Gasteiger partial charge in [-0.3, -0.25) is 19.2 Å². The van der Waals surface area contributed by atoms with Gasteiger partial charge >= 0.3 is 12.1 Å². The Hall–Kier alpha value is -5.76. The Labute approximate surface area is 346 Å². The van der Waals surface area contributed by atoms with Crippen LogP contribution < -0.4 is 22.1 Å². The standard InChI is InChI=1S/2C18H20ClN5O2.C2HF3O2/c2*19-14-5-4-12(10-20)13(9-14)11-23-17(25)15-3-1-8-24(15)18(26)16-21-6-2-7-22-16;3-2(4,5)1(6)7/h2*2,4-7,9,15H,1,3,8,10-11,20H2,(H,23,25);(H,6,7)/t2*15-;/m00./s1. The third-order valence-corrected chi connectivity index (χ3v) is 9.54. The molecule has 0 saturated carbocycles. The van der Waals surface area contributed by atoms with Crippen LogP contribution in [0.1, 0.15) is 69.2 Å². The highest BCUT2D eigenvalue weighted by molar-refractivity contribution is 6.31. The molecule has 0 spiro atoms. The van der Waals surface area contributed by atoms with E-state index in [-0.39, 0.29) is 35.3 Å². The van der Waals surface area contributed by atoms with Gasteiger partial charge < -0.3 is 37.0 Å². The minimum Gasteiger partial charge on any atom is -0.475 e. The van der Waals surface area contributed by atoms with Gasteiger partial charge in [-0.05, 0) is 84.3 Å². The van der Waals surface area contributed by atoms with Gasteiger partial charge in [0, 0.05) is 74.1 Å². The van der Waals surface area contributed by atoms with E-state index in [1.807, 2.05) is 12.1 Å². The maximum atomic E-state index is 12.6. The number of likely N-dealkylation sites (tertiary alicyclic amines) is 2. The number of hydrogen-bond donors (Lipinski definition) is 5. The first-order valence-corrected chi connectivity index (χ1v) is 18.9. The number of benzene rings is 2. The normalized spacial score (nSPS) is 15.9. The lowest BCUT2D eigenvalue weighted by molar-refractivity contribution is -0.192. The van der Waals surface area contributed by atoms with E-state index in [1.54, 1.807) is 36.4 Å². The molecule has 2 fully saturated rings. The van der Waals surface area contributed by atoms with Crippen LogP contribution in [0.2, 0.25) is 10.0 Å². The number of carboxylic acid groups (broad SMARTS) is 1. The fourth-order valence-electron chi connectivity index (χ4n) is 6.16. The molecule has 314 valence electrons. The zero-order valence-electron chi connectivity index (χ0n) is 31.4. The van der Waals surface area contributed by atoms with Crippen molar-refractivity contribution in [2.24, 2.45) is 11.5 Å². The number of amides is 4. The highest BCUT2D eigenvalue weighted by Crippen LogP contribution is 2.22. The molecule has 16 nitrogen and oxygen atoms in total. The second-order valence-electron chi connectivity index (χ2n) is 12.9. The van der Waals surface area contributed by atoms with Crippen LogP contribution in [0.4, 0.5) is 13.2 Å². The van der Waals surface area contributed by atoms with Crippen molar-refractivity contribution in [3.8, 4) is 0 Å². The first-order chi connectivity index (χ1) is 28.1. The highest BCUT2D eigenvalue weighted by Gasteiger charge is 2.39. The minimum atomic E-state index is -5.08. The number of carbonyl (C=O) groups is 5. The van der Waals surface area contributed by atoms with Crippen molar-refractivity contribution < 1.29 is 42.3 Å². The average Bonchev–Trinajstić information content (AvgIpc) is 3.94. The molecule has 2 aromatic heterocycles. The summed E-state index contributed by atoms with van der Waals surface area (Å²) in [7, 11) is 0. The molecule has 0 aliphatic carbocycles. The van der Waals surface area contributed by atoms with Gasteiger partial charge in [-0.15, -0.1) is 0 Å². The number of hydrogen-bond acceptors (Lipinski definition) is 11. The number of alkyl halides is 3. The predicted molar refractivity (Wildman–Crippen MR) is 208 cm³/mol. The van der Waals surface area contributed by atoms with E-state index < -0.39 is 24.2 Å². The van der Waals surface area contributed by atoms with Crippen LogP contribution in [0.3, 0.4) is 0 Å². The van der Waals surface area contributed by atoms with Crippen molar-refractivity contribution in [3.63, 3.8) is 0 Å². The largest absolute Gasteiger partial charge is 0.490 e. The van der Waals surface area contributed by atoms with E-state index in [2.05, 4.69) is 30.6 Å². The molecular weight excluding hydrogens is 820 g/mol. The Bertz CT molecular complexity index is 1950. The maximum Gasteiger partial charge on any atom is 0.490 e. The predicted octanol–water partition coefficient (Wildman–Crippen LogP) is 3.65. The number of aromatic nitrogens is 4. The van der Waals surface area contributed by atoms with Crippen LogP contribution in [0.25, 0.3) is 0 Å². The summed E-state index contributed by atoms with van der Waals surface area (Å²) in [5.41, 5.74) is 15.1. The minimum absolute atomic E-state index is 0.104. The van der Waals surface area contributed by atoms with Gasteiger partial charge in [0.1, 0.15) is 12.1 Å². The van der Waals surface area contributed by atoms with Gasteiger partial charge in [-0.2, -0.15) is 13.2 Å². The lowest BCUT2D eigenvalue weighted by atomic mass is 10.1. The Kier molecular flexibility index (Phi) is 17.0. The lowest BCUT2D eigenvalue weighted by Gasteiger charge is -2.23. The van der Waals surface area contributed by atoms with E-state index in [0.717, 1.165) is 35.1 Å². The maximum absolute atomic E-state index is 12.6. The van der Waals surface area contributed by atoms with E-state index in [4.69, 9.17) is 44.6 Å². The molecule has 2 atom stereocenters. The number of nitrogens with two attached hydrogens (primary N) is 2. The van der Waals surface area contributed by atoms with Crippen molar-refractivity contribution in [1.29, 1.82) is 0 Å². The van der Waals surface area contributed by atoms with Crippen molar-refractivity contribution in [1.82, 2.24) is 40.4 Å². The summed E-state index contributed by atoms with van der Waals surface area (Å²) in [4.78, 5) is 78.3. The Balaban J connectivity index is 0.000000225. The van der Waals surface area contributed by atoms with Gasteiger partial charge in [0.25, 0.3) is 11.8 Å². The fourth-order valence-corrected chi connectivity index (χ4v) is 6.55. The van der Waals surface area contributed by atoms with Gasteiger partial charge in [0.2, 0.25) is 23.5 Å². The fraction of sp³-hybridized carbons (Fsp3) is 0.342. The summed E-state index contributed by atoms with van der Waals surface area (Å²) in [5.74, 6) is -3.60. The molecule has 4 amide bonds. The number of nitrogens with one attached hydrogen (secondary N) is 2. The van der Waals surface area contributed by atoms with E-state index in [1.165, 1.54) is 34.6 Å². The van der Waals surface area contributed by atoms with Crippen LogP contribution >= 0.6 is 23.2 Å². The van der Waals surface area contributed by atoms with Crippen molar-refractivity contribution in [2.45, 2.75) is 70.1 Å². The van der Waals surface area contributed by atoms with Crippen LogP contribution in [0.5, 0.6) is 0 Å². The molecule has 2 saturated heterocycles. The number of carboxylic acids is 1. The third kappa shape index (κ3) is 13.1. The first-order valence-electron chi connectivity index (χ1n) is 18.1. The van der Waals surface area contributed by atoms with E-state index in [9.17, 15) is 32.3 Å². The summed E-state index contributed by atoms with van der Waals surface area (Å²) in [6.07, 6.45) is 3.73. The summed E-state index contributed by atoms with van der Waals surface area (Å²) in [6.45, 7) is 2.38. The molecule has 6 rings (SSSR count). The molecule has 0 bridgehead atoms. The van der Waals surface area contributed by atoms with Crippen LogP contribution in [0.15, 0.2) is 73.3 Å². The summed E-state index contributed by atoms with van der Waals surface area (Å²) in [6, 6.07) is 13.1. The Morgan fingerprint density at radius 1 is 0.678 bits per heavy atom. The first kappa shape index (κ1) is 45.9. The Morgan fingerprint density at radius 2 is 1.03 bits per heavy atom. The van der Waals surface area contributed by atoms with Crippen LogP contribution in [-0.2, 0) is 40.6 Å². The van der Waals surface area contributed by atoms with Crippen molar-refractivity contribution in [2.75, 3.05) is 13.1 Å². The smallest absolute Gasteiger partial charge is 0.475 e. The van der Waals surface area contributed by atoms with E-state index >= 15 is 0 Å². The lowest BCUT2D eigenvalue weighted by Crippen LogP contribution is -2.46. The molecule has 4 heterocycles. The quantitative estimate of drug-likeness (QED) is 0.154. The number of carbonyl (C=O) groups excluding carboxylic acids is 4. The summed E-state index contributed by atoms with van der Waals surface area (Å²) >= 11 is 12.1. The molecule has 0 unspecified atom stereocenters. The molecular formula is C38H41Cl2F3N10O6. The second kappa shape index (κ2) is 21.8. The zero-order chi connectivity index (χ0) is 43.1. The molecule has 59 heavy (non-hydrogen) atoms. The summed E-state index contributed by atoms with van der Waals surface area (Å²) in [5, 5.41) is 14.1. The molecule has 4 aromatic rings. The molecule has 7 N–H and O–H groups in total. The average molecular weight is 862 g/mol. The molecule has 21 heteroatoms. The van der Waals surface area contributed by atoms with Crippen LogP contribution in [-0.4, -0.2) is 95.8 Å². The van der Waals surface area contributed by atoms with Gasteiger partial charge in [0.05, 0.1) is 0 Å². The number of rotatable bonds is 10. The number of halogens is 5. The molecule has 0 radical (unpaired) electrons. The SMILES string of the molecule is NCc1ccc(Cl)cc1CNC(=O)[C@@H]1CCCN1C(=O)c1ncccn1.NCc1ccc(Cl)cc1CNC(=O)[C@@H]1CCCN1C(=O)c1ncccn1.O=C(O)C(F)(F)F. The zero-order valence-corrected chi connectivity index (χ0v) is 32.9. The summed E-state index contributed by atoms with van der Waals surface area (Å²) < 4.78 is 31.7. The third-order valence-electron chi connectivity index (χ3n) is 9.07. The molecule has 2 aliphatic rings. The van der Waals surface area contributed by atoms with E-state index in [0.29, 0.717) is 62.2 Å². The van der Waals surface area contributed by atoms with Crippen LogP contribution in [0, 0.1) is 0 Å². The monoisotopic (exact) mass is 860 g/mol. The van der Waals surface area contributed by atoms with Gasteiger partial charge in [-0.1, -0.05) is 35.3 Å². The Morgan fingerprint density at radius 3 is 1.36 bits per heavy atom. The second-order valence-corrected chi connectivity index (χ2v) is 13.8. The number of nitrogens with zero attached hydrogens (tertiary/aromatic N) is 6. The van der Waals surface area contributed by atoms with Crippen molar-refractivity contribution in [3.05, 3.63) is 117 Å². The molecule has 2 aliphatic heterocycles. The van der Waals surface area contributed by atoms with Crippen molar-refractivity contribution >= 4 is 52.8 Å². The number of aliphatic carboxylic acids is 1. The molecule has 2 aromatic carbocycles. The highest BCUT2D eigenvalue weighted by atomic mass is 35.5. The van der Waals surface area contributed by atoms with Gasteiger partial charge in [0.15, 0.2) is 0 Å².